The van der Waals surface area contributed by atoms with Crippen LogP contribution in [0.2, 0.25) is 10.0 Å². The minimum Gasteiger partial charge on any atom is -0.484 e. The second-order valence-corrected chi connectivity index (χ2v) is 8.86. The number of nitrogens with zero attached hydrogens (tertiary/aromatic N) is 1. The number of ketones is 1. The summed E-state index contributed by atoms with van der Waals surface area (Å²) in [6, 6.07) is 9.78. The number of Topliss-reactive ketones (excluding diaryl/α,β-unsaturated/α-hetero) is 1. The van der Waals surface area contributed by atoms with E-state index in [1.807, 2.05) is 6.92 Å². The molecule has 0 spiro atoms. The normalized spacial score (nSPS) is 16.5. The van der Waals surface area contributed by atoms with Crippen molar-refractivity contribution in [1.82, 2.24) is 0 Å². The van der Waals surface area contributed by atoms with E-state index in [9.17, 15) is 13.2 Å². The van der Waals surface area contributed by atoms with Gasteiger partial charge in [-0.05, 0) is 49.2 Å². The molecule has 2 aromatic carbocycles. The van der Waals surface area contributed by atoms with E-state index in [2.05, 4.69) is 0 Å². The van der Waals surface area contributed by atoms with E-state index in [-0.39, 0.29) is 23.5 Å². The monoisotopic (exact) mass is 413 g/mol. The largest absolute Gasteiger partial charge is 0.484 e. The van der Waals surface area contributed by atoms with E-state index in [1.165, 1.54) is 10.6 Å². The highest BCUT2D eigenvalue weighted by Crippen LogP contribution is 2.35. The molecule has 0 amide bonds. The smallest absolute Gasteiger partial charge is 0.232 e. The fraction of sp³-hybridized carbons (Fsp3) is 0.278. The molecule has 1 aliphatic rings. The lowest BCUT2D eigenvalue weighted by Crippen LogP contribution is -2.34. The van der Waals surface area contributed by atoms with Crippen LogP contribution in [0.5, 0.6) is 5.75 Å². The molecule has 26 heavy (non-hydrogen) atoms. The van der Waals surface area contributed by atoms with Crippen LogP contribution in [0.3, 0.4) is 0 Å². The molecule has 1 atom stereocenters. The molecule has 0 N–H and O–H groups in total. The third-order valence-corrected chi connectivity index (χ3v) is 6.26. The maximum Gasteiger partial charge on any atom is 0.232 e. The molecular weight excluding hydrogens is 397 g/mol. The van der Waals surface area contributed by atoms with Crippen LogP contribution in [-0.4, -0.2) is 33.1 Å². The van der Waals surface area contributed by atoms with Gasteiger partial charge in [0.15, 0.2) is 12.4 Å². The molecule has 8 heteroatoms. The van der Waals surface area contributed by atoms with Crippen LogP contribution in [-0.2, 0) is 16.4 Å². The maximum atomic E-state index is 12.4. The molecule has 2 aromatic rings. The summed E-state index contributed by atoms with van der Waals surface area (Å²) in [5.74, 6) is 0.111. The molecule has 0 saturated heterocycles. The quantitative estimate of drug-likeness (QED) is 0.695. The first kappa shape index (κ1) is 19.0. The van der Waals surface area contributed by atoms with Gasteiger partial charge in [-0.2, -0.15) is 0 Å². The number of hydrogen-bond donors (Lipinski definition) is 0. The predicted octanol–water partition coefficient (Wildman–Crippen LogP) is 3.97. The highest BCUT2D eigenvalue weighted by Gasteiger charge is 2.32. The van der Waals surface area contributed by atoms with Crippen LogP contribution in [0.4, 0.5) is 5.69 Å². The van der Waals surface area contributed by atoms with Gasteiger partial charge in [-0.3, -0.25) is 9.10 Å². The molecule has 0 aromatic heterocycles. The Balaban J connectivity index is 1.78. The summed E-state index contributed by atoms with van der Waals surface area (Å²) >= 11 is 12.0. The van der Waals surface area contributed by atoms with Crippen LogP contribution >= 0.6 is 23.2 Å². The van der Waals surface area contributed by atoms with Gasteiger partial charge in [-0.25, -0.2) is 8.42 Å². The summed E-state index contributed by atoms with van der Waals surface area (Å²) in [4.78, 5) is 12.4. The van der Waals surface area contributed by atoms with Gasteiger partial charge in [-0.15, -0.1) is 0 Å². The zero-order valence-electron chi connectivity index (χ0n) is 14.2. The van der Waals surface area contributed by atoms with Crippen molar-refractivity contribution in [3.05, 3.63) is 57.6 Å². The number of hydrogen-bond acceptors (Lipinski definition) is 4. The number of rotatable bonds is 5. The van der Waals surface area contributed by atoms with Crippen molar-refractivity contribution in [2.75, 3.05) is 17.2 Å². The van der Waals surface area contributed by atoms with E-state index in [1.54, 1.807) is 36.4 Å². The lowest BCUT2D eigenvalue weighted by molar-refractivity contribution is 0.0921. The average molecular weight is 414 g/mol. The lowest BCUT2D eigenvalue weighted by atomic mass is 10.0. The summed E-state index contributed by atoms with van der Waals surface area (Å²) in [6.07, 6.45) is 1.74. The number of benzene rings is 2. The number of carbonyl (C=O) groups is 1. The van der Waals surface area contributed by atoms with E-state index in [0.29, 0.717) is 28.4 Å². The molecule has 0 fully saturated rings. The van der Waals surface area contributed by atoms with Gasteiger partial charge >= 0.3 is 0 Å². The van der Waals surface area contributed by atoms with E-state index < -0.39 is 10.0 Å². The van der Waals surface area contributed by atoms with Crippen molar-refractivity contribution in [3.63, 3.8) is 0 Å². The second kappa shape index (κ2) is 7.10. The topological polar surface area (TPSA) is 63.7 Å². The molecule has 1 aliphatic heterocycles. The fourth-order valence-electron chi connectivity index (χ4n) is 3.10. The summed E-state index contributed by atoms with van der Waals surface area (Å²) in [6.45, 7) is 1.65. The van der Waals surface area contributed by atoms with Crippen LogP contribution < -0.4 is 9.04 Å². The molecule has 0 aliphatic carbocycles. The van der Waals surface area contributed by atoms with Gasteiger partial charge in [0, 0.05) is 11.6 Å². The Kier molecular flexibility index (Phi) is 5.19. The van der Waals surface area contributed by atoms with Gasteiger partial charge in [0.25, 0.3) is 0 Å². The third-order valence-electron chi connectivity index (χ3n) is 4.19. The van der Waals surface area contributed by atoms with Gasteiger partial charge in [0.05, 0.1) is 17.0 Å². The van der Waals surface area contributed by atoms with Crippen LogP contribution in [0.1, 0.15) is 22.8 Å². The SMILES string of the molecule is C[C@H]1Cc2cc(C(=O)COc3cccc(Cl)c3Cl)ccc2N1S(C)(=O)=O. The number of halogens is 2. The Labute approximate surface area is 162 Å². The second-order valence-electron chi connectivity index (χ2n) is 6.22. The zero-order valence-corrected chi connectivity index (χ0v) is 16.5. The molecule has 1 heterocycles. The van der Waals surface area contributed by atoms with E-state index in [4.69, 9.17) is 27.9 Å². The van der Waals surface area contributed by atoms with Crippen molar-refractivity contribution in [2.45, 2.75) is 19.4 Å². The number of anilines is 1. The Bertz CT molecular complexity index is 975. The van der Waals surface area contributed by atoms with Crippen molar-refractivity contribution in [3.8, 4) is 5.75 Å². The molecule has 5 nitrogen and oxygen atoms in total. The molecule has 138 valence electrons. The van der Waals surface area contributed by atoms with Crippen molar-refractivity contribution < 1.29 is 17.9 Å². The van der Waals surface area contributed by atoms with Gasteiger partial charge in [-0.1, -0.05) is 29.3 Å². The summed E-state index contributed by atoms with van der Waals surface area (Å²) in [5.41, 5.74) is 1.91. The first-order valence-corrected chi connectivity index (χ1v) is 10.5. The molecule has 0 unspecified atom stereocenters. The number of sulfonamides is 1. The zero-order chi connectivity index (χ0) is 19.1. The standard InChI is InChI=1S/C18H17Cl2NO4S/c1-11-8-13-9-12(6-7-15(13)21(11)26(2,23)24)16(22)10-25-17-5-3-4-14(19)18(17)20/h3-7,9,11H,8,10H2,1-2H3/t11-/m0/s1. The molecule has 0 bridgehead atoms. The lowest BCUT2D eigenvalue weighted by Gasteiger charge is -2.21. The summed E-state index contributed by atoms with van der Waals surface area (Å²) < 4.78 is 30.8. The Morgan fingerprint density at radius 3 is 2.69 bits per heavy atom. The van der Waals surface area contributed by atoms with E-state index >= 15 is 0 Å². The highest BCUT2D eigenvalue weighted by molar-refractivity contribution is 7.92. The highest BCUT2D eigenvalue weighted by atomic mass is 35.5. The van der Waals surface area contributed by atoms with Gasteiger partial charge in [0.2, 0.25) is 10.0 Å². The summed E-state index contributed by atoms with van der Waals surface area (Å²) in [5, 5.41) is 0.609. The fourth-order valence-corrected chi connectivity index (χ4v) is 4.71. The van der Waals surface area contributed by atoms with Crippen LogP contribution in [0, 0.1) is 0 Å². The average Bonchev–Trinajstić information content (AvgIpc) is 2.90. The number of carbonyl (C=O) groups excluding carboxylic acids is 1. The first-order valence-electron chi connectivity index (χ1n) is 7.91. The van der Waals surface area contributed by atoms with Gasteiger partial charge in [0.1, 0.15) is 10.8 Å². The van der Waals surface area contributed by atoms with Crippen molar-refractivity contribution in [1.29, 1.82) is 0 Å². The molecule has 0 radical (unpaired) electrons. The molecular formula is C18H17Cl2NO4S. The Hall–Kier alpha value is -1.76. The first-order chi connectivity index (χ1) is 12.2. The number of fused-ring (bicyclic) bond motifs is 1. The Morgan fingerprint density at radius 2 is 2.00 bits per heavy atom. The van der Waals surface area contributed by atoms with Crippen molar-refractivity contribution >= 4 is 44.7 Å². The Morgan fingerprint density at radius 1 is 1.27 bits per heavy atom. The van der Waals surface area contributed by atoms with E-state index in [0.717, 1.165) is 5.56 Å². The van der Waals surface area contributed by atoms with Gasteiger partial charge < -0.3 is 4.74 Å². The number of ether oxygens (including phenoxy) is 1. The van der Waals surface area contributed by atoms with Crippen molar-refractivity contribution in [2.24, 2.45) is 0 Å². The summed E-state index contributed by atoms with van der Waals surface area (Å²) in [7, 11) is -3.36. The minimum absolute atomic E-state index is 0.174. The molecule has 0 saturated carbocycles. The predicted molar refractivity (Wildman–Crippen MR) is 103 cm³/mol. The maximum absolute atomic E-state index is 12.4. The van der Waals surface area contributed by atoms with Crippen LogP contribution in [0.15, 0.2) is 36.4 Å². The van der Waals surface area contributed by atoms with Crippen LogP contribution in [0.25, 0.3) is 0 Å². The third kappa shape index (κ3) is 3.68. The molecule has 3 rings (SSSR count). The minimum atomic E-state index is -3.36.